The van der Waals surface area contributed by atoms with E-state index in [2.05, 4.69) is 4.74 Å². The molecule has 1 aromatic rings. The maximum absolute atomic E-state index is 13.9. The van der Waals surface area contributed by atoms with E-state index in [0.29, 0.717) is 0 Å². The van der Waals surface area contributed by atoms with Gasteiger partial charge in [-0.05, 0) is 13.0 Å². The van der Waals surface area contributed by atoms with Crippen molar-refractivity contribution in [3.8, 4) is 11.5 Å². The Morgan fingerprint density at radius 3 is 2.50 bits per heavy atom. The molecule has 0 radical (unpaired) electrons. The highest BCUT2D eigenvalue weighted by Crippen LogP contribution is 2.39. The Morgan fingerprint density at radius 1 is 1.35 bits per heavy atom. The van der Waals surface area contributed by atoms with Crippen LogP contribution in [0.1, 0.15) is 18.5 Å². The molecule has 0 spiro atoms. The highest BCUT2D eigenvalue weighted by Gasteiger charge is 2.49. The van der Waals surface area contributed by atoms with Crippen LogP contribution in [0.25, 0.3) is 0 Å². The summed E-state index contributed by atoms with van der Waals surface area (Å²) in [5.41, 5.74) is 5.48. The number of carbonyl (C=O) groups excluding carboxylic acids is 1. The molecule has 2 N–H and O–H groups in total. The fraction of sp³-hybridized carbons (Fsp3) is 0.462. The number of esters is 1. The number of methoxy groups -OCH3 is 2. The molecule has 1 atom stereocenters. The van der Waals surface area contributed by atoms with Crippen molar-refractivity contribution in [2.75, 3.05) is 20.8 Å². The number of hydrogen-bond donors (Lipinski definition) is 1. The summed E-state index contributed by atoms with van der Waals surface area (Å²) in [7, 11) is 2.67. The molecule has 0 heterocycles. The van der Waals surface area contributed by atoms with Crippen LogP contribution in [0, 0.1) is 0 Å². The molecule has 0 saturated heterocycles. The number of rotatable bonds is 6. The molecule has 0 fully saturated rings. The smallest absolute Gasteiger partial charge is 0.379 e. The van der Waals surface area contributed by atoms with Crippen LogP contribution in [-0.2, 0) is 9.53 Å². The van der Waals surface area contributed by atoms with Gasteiger partial charge in [0.25, 0.3) is 0 Å². The van der Waals surface area contributed by atoms with Gasteiger partial charge in [0.15, 0.2) is 11.5 Å². The first-order valence-corrected chi connectivity index (χ1v) is 5.91. The van der Waals surface area contributed by atoms with Crippen molar-refractivity contribution in [1.29, 1.82) is 0 Å². The van der Waals surface area contributed by atoms with Gasteiger partial charge < -0.3 is 19.9 Å². The highest BCUT2D eigenvalue weighted by atomic mass is 19.3. The van der Waals surface area contributed by atoms with Crippen LogP contribution >= 0.6 is 0 Å². The topological polar surface area (TPSA) is 70.8 Å². The molecule has 112 valence electrons. The summed E-state index contributed by atoms with van der Waals surface area (Å²) in [5, 5.41) is 0. The lowest BCUT2D eigenvalue weighted by Crippen LogP contribution is -2.41. The number of para-hydroxylation sites is 1. The van der Waals surface area contributed by atoms with Crippen LogP contribution in [0.5, 0.6) is 11.5 Å². The number of carbonyl (C=O) groups is 1. The molecule has 5 nitrogen and oxygen atoms in total. The molecule has 1 aromatic carbocycles. The standard InChI is InChI=1S/C13H17F2NO4/c1-4-20-12(17)13(14,15)11(16)8-6-5-7-9(18-2)10(8)19-3/h5-7,11H,4,16H2,1-3H3/t11-/m1/s1. The Hall–Kier alpha value is -1.89. The quantitative estimate of drug-likeness (QED) is 0.810. The fourth-order valence-electron chi connectivity index (χ4n) is 1.71. The van der Waals surface area contributed by atoms with Crippen molar-refractivity contribution in [1.82, 2.24) is 0 Å². The molecule has 20 heavy (non-hydrogen) atoms. The SMILES string of the molecule is CCOC(=O)C(F)(F)[C@H](N)c1cccc(OC)c1OC. The van der Waals surface area contributed by atoms with E-state index in [9.17, 15) is 13.6 Å². The van der Waals surface area contributed by atoms with E-state index in [-0.39, 0.29) is 23.7 Å². The number of ether oxygens (including phenoxy) is 3. The summed E-state index contributed by atoms with van der Waals surface area (Å²) in [6.07, 6.45) is 0. The summed E-state index contributed by atoms with van der Waals surface area (Å²) in [4.78, 5) is 11.3. The summed E-state index contributed by atoms with van der Waals surface area (Å²) < 4.78 is 42.3. The number of hydrogen-bond acceptors (Lipinski definition) is 5. The Labute approximate surface area is 115 Å². The third kappa shape index (κ3) is 2.98. The third-order valence-corrected chi connectivity index (χ3v) is 2.71. The number of alkyl halides is 2. The van der Waals surface area contributed by atoms with Gasteiger partial charge in [0.1, 0.15) is 6.04 Å². The van der Waals surface area contributed by atoms with Crippen molar-refractivity contribution in [2.45, 2.75) is 18.9 Å². The maximum Gasteiger partial charge on any atom is 0.379 e. The minimum atomic E-state index is -3.87. The Morgan fingerprint density at radius 2 is 2.00 bits per heavy atom. The van der Waals surface area contributed by atoms with E-state index in [1.165, 1.54) is 39.3 Å². The van der Waals surface area contributed by atoms with Crippen LogP contribution in [0.2, 0.25) is 0 Å². The van der Waals surface area contributed by atoms with Crippen LogP contribution in [0.3, 0.4) is 0 Å². The molecule has 0 unspecified atom stereocenters. The third-order valence-electron chi connectivity index (χ3n) is 2.71. The fourth-order valence-corrected chi connectivity index (χ4v) is 1.71. The van der Waals surface area contributed by atoms with Crippen LogP contribution < -0.4 is 15.2 Å². The Kier molecular flexibility index (Phi) is 5.26. The van der Waals surface area contributed by atoms with E-state index in [0.717, 1.165) is 0 Å². The van der Waals surface area contributed by atoms with Crippen LogP contribution in [0.4, 0.5) is 8.78 Å². The number of benzene rings is 1. The maximum atomic E-state index is 13.9. The van der Waals surface area contributed by atoms with Crippen molar-refractivity contribution in [3.05, 3.63) is 23.8 Å². The first kappa shape index (κ1) is 16.2. The predicted octanol–water partition coefficient (Wildman–Crippen LogP) is 1.90. The zero-order valence-electron chi connectivity index (χ0n) is 11.5. The van der Waals surface area contributed by atoms with Gasteiger partial charge in [0, 0.05) is 5.56 Å². The molecule has 0 aliphatic carbocycles. The summed E-state index contributed by atoms with van der Waals surface area (Å²) >= 11 is 0. The van der Waals surface area contributed by atoms with E-state index in [1.54, 1.807) is 0 Å². The Balaban J connectivity index is 3.20. The lowest BCUT2D eigenvalue weighted by Gasteiger charge is -2.24. The largest absolute Gasteiger partial charge is 0.493 e. The molecular formula is C13H17F2NO4. The van der Waals surface area contributed by atoms with Gasteiger partial charge in [-0.3, -0.25) is 0 Å². The van der Waals surface area contributed by atoms with Crippen molar-refractivity contribution in [3.63, 3.8) is 0 Å². The molecule has 1 rings (SSSR count). The summed E-state index contributed by atoms with van der Waals surface area (Å²) in [6, 6.07) is 2.47. The second-order valence-corrected chi connectivity index (χ2v) is 3.90. The van der Waals surface area contributed by atoms with Gasteiger partial charge in [-0.25, -0.2) is 4.79 Å². The van der Waals surface area contributed by atoms with Crippen molar-refractivity contribution < 1.29 is 27.8 Å². The zero-order valence-corrected chi connectivity index (χ0v) is 11.5. The van der Waals surface area contributed by atoms with E-state index < -0.39 is 17.9 Å². The molecule has 0 aliphatic rings. The van der Waals surface area contributed by atoms with Gasteiger partial charge in [-0.15, -0.1) is 0 Å². The van der Waals surface area contributed by atoms with Gasteiger partial charge in [0.05, 0.1) is 20.8 Å². The molecule has 7 heteroatoms. The predicted molar refractivity (Wildman–Crippen MR) is 68.1 cm³/mol. The normalized spacial score (nSPS) is 12.7. The minimum absolute atomic E-state index is 0.0371. The van der Waals surface area contributed by atoms with Gasteiger partial charge in [0.2, 0.25) is 0 Å². The molecule has 0 saturated carbocycles. The summed E-state index contributed by atoms with van der Waals surface area (Å²) in [6.45, 7) is 1.28. The van der Waals surface area contributed by atoms with Crippen LogP contribution in [0.15, 0.2) is 18.2 Å². The monoisotopic (exact) mass is 289 g/mol. The second-order valence-electron chi connectivity index (χ2n) is 3.90. The van der Waals surface area contributed by atoms with Crippen molar-refractivity contribution in [2.24, 2.45) is 5.73 Å². The molecular weight excluding hydrogens is 272 g/mol. The molecule has 0 bridgehead atoms. The molecule has 0 aliphatic heterocycles. The van der Waals surface area contributed by atoms with Gasteiger partial charge in [-0.1, -0.05) is 12.1 Å². The number of nitrogens with two attached hydrogens (primary N) is 1. The first-order chi connectivity index (χ1) is 9.39. The average Bonchev–Trinajstić information content (AvgIpc) is 2.45. The highest BCUT2D eigenvalue weighted by molar-refractivity contribution is 5.79. The molecule has 0 amide bonds. The average molecular weight is 289 g/mol. The second kappa shape index (κ2) is 6.51. The Bertz CT molecular complexity index is 479. The summed E-state index contributed by atoms with van der Waals surface area (Å²) in [5.74, 6) is -5.22. The van der Waals surface area contributed by atoms with E-state index in [1.807, 2.05) is 0 Å². The first-order valence-electron chi connectivity index (χ1n) is 5.91. The lowest BCUT2D eigenvalue weighted by atomic mass is 10.00. The van der Waals surface area contributed by atoms with E-state index in [4.69, 9.17) is 15.2 Å². The number of halogens is 2. The van der Waals surface area contributed by atoms with Crippen LogP contribution in [-0.4, -0.2) is 32.7 Å². The molecule has 0 aromatic heterocycles. The van der Waals surface area contributed by atoms with Crippen molar-refractivity contribution >= 4 is 5.97 Å². The van der Waals surface area contributed by atoms with Gasteiger partial charge >= 0.3 is 11.9 Å². The van der Waals surface area contributed by atoms with Gasteiger partial charge in [-0.2, -0.15) is 8.78 Å². The minimum Gasteiger partial charge on any atom is -0.493 e. The van der Waals surface area contributed by atoms with E-state index >= 15 is 0 Å². The zero-order chi connectivity index (χ0) is 15.3. The lowest BCUT2D eigenvalue weighted by molar-refractivity contribution is -0.174.